The zero-order valence-corrected chi connectivity index (χ0v) is 12.3. The summed E-state index contributed by atoms with van der Waals surface area (Å²) in [6.07, 6.45) is 2.78. The summed E-state index contributed by atoms with van der Waals surface area (Å²) < 4.78 is 5.08. The fourth-order valence-corrected chi connectivity index (χ4v) is 1.69. The fourth-order valence-electron chi connectivity index (χ4n) is 1.69. The van der Waals surface area contributed by atoms with Gasteiger partial charge in [-0.3, -0.25) is 9.59 Å². The number of hydrogen-bond donors (Lipinski definition) is 2. The van der Waals surface area contributed by atoms with Crippen LogP contribution in [0.3, 0.4) is 0 Å². The van der Waals surface area contributed by atoms with Crippen molar-refractivity contribution in [2.75, 3.05) is 17.7 Å². The van der Waals surface area contributed by atoms with Gasteiger partial charge >= 0.3 is 0 Å². The Morgan fingerprint density at radius 1 is 1.09 bits per heavy atom. The lowest BCUT2D eigenvalue weighted by Gasteiger charge is -2.07. The molecule has 2 rings (SSSR count). The summed E-state index contributed by atoms with van der Waals surface area (Å²) in [5.41, 5.74) is 1.25. The summed E-state index contributed by atoms with van der Waals surface area (Å²) in [7, 11) is 1.60. The largest absolute Gasteiger partial charge is 0.497 e. The van der Waals surface area contributed by atoms with Crippen molar-refractivity contribution in [1.82, 2.24) is 9.97 Å². The van der Waals surface area contributed by atoms with Gasteiger partial charge in [0, 0.05) is 5.69 Å². The van der Waals surface area contributed by atoms with Crippen LogP contribution < -0.4 is 15.4 Å². The van der Waals surface area contributed by atoms with E-state index in [0.717, 1.165) is 11.4 Å². The molecule has 0 aliphatic carbocycles. The molecular formula is C15H16N4O3. The van der Waals surface area contributed by atoms with Gasteiger partial charge in [0.15, 0.2) is 0 Å². The molecule has 0 aliphatic heterocycles. The van der Waals surface area contributed by atoms with E-state index >= 15 is 0 Å². The van der Waals surface area contributed by atoms with Crippen LogP contribution in [0.5, 0.6) is 5.75 Å². The molecule has 0 saturated carbocycles. The van der Waals surface area contributed by atoms with Crippen LogP contribution in [0.15, 0.2) is 36.7 Å². The number of ether oxygens (including phenoxy) is 1. The lowest BCUT2D eigenvalue weighted by molar-refractivity contribution is -0.124. The lowest BCUT2D eigenvalue weighted by Crippen LogP contribution is -2.15. The molecular weight excluding hydrogens is 284 g/mol. The third-order valence-corrected chi connectivity index (χ3v) is 2.69. The second-order valence-electron chi connectivity index (χ2n) is 4.58. The summed E-state index contributed by atoms with van der Waals surface area (Å²) in [5.74, 6) is 0.577. The minimum Gasteiger partial charge on any atom is -0.497 e. The zero-order valence-electron chi connectivity index (χ0n) is 12.3. The van der Waals surface area contributed by atoms with E-state index in [2.05, 4.69) is 20.6 Å². The van der Waals surface area contributed by atoms with Crippen molar-refractivity contribution in [2.45, 2.75) is 13.3 Å². The summed E-state index contributed by atoms with van der Waals surface area (Å²) in [5, 5.41) is 5.57. The molecule has 0 bridgehead atoms. The smallest absolute Gasteiger partial charge is 0.231 e. The number of nitrogens with zero attached hydrogens (tertiary/aromatic N) is 2. The summed E-state index contributed by atoms with van der Waals surface area (Å²) in [4.78, 5) is 30.5. The topological polar surface area (TPSA) is 93.2 Å². The van der Waals surface area contributed by atoms with E-state index in [9.17, 15) is 9.59 Å². The van der Waals surface area contributed by atoms with Gasteiger partial charge in [-0.25, -0.2) is 9.97 Å². The van der Waals surface area contributed by atoms with Crippen LogP contribution in [0.1, 0.15) is 13.3 Å². The van der Waals surface area contributed by atoms with E-state index in [1.165, 1.54) is 19.3 Å². The number of ketones is 1. The highest BCUT2D eigenvalue weighted by atomic mass is 16.5. The van der Waals surface area contributed by atoms with Crippen LogP contribution in [0.2, 0.25) is 0 Å². The van der Waals surface area contributed by atoms with E-state index in [0.29, 0.717) is 11.6 Å². The molecule has 0 spiro atoms. The van der Waals surface area contributed by atoms with Gasteiger partial charge in [-0.15, -0.1) is 0 Å². The highest BCUT2D eigenvalue weighted by Gasteiger charge is 2.06. The van der Waals surface area contributed by atoms with Crippen molar-refractivity contribution in [2.24, 2.45) is 0 Å². The number of Topliss-reactive ketones (excluding diaryl/α,β-unsaturated/α-hetero) is 1. The Morgan fingerprint density at radius 3 is 2.27 bits per heavy atom. The second-order valence-corrected chi connectivity index (χ2v) is 4.58. The Balaban J connectivity index is 1.96. The fraction of sp³-hybridized carbons (Fsp3) is 0.200. The van der Waals surface area contributed by atoms with Crippen molar-refractivity contribution >= 4 is 29.0 Å². The Labute approximate surface area is 127 Å². The van der Waals surface area contributed by atoms with Crippen LogP contribution in [-0.4, -0.2) is 28.8 Å². The van der Waals surface area contributed by atoms with Crippen LogP contribution in [0.4, 0.5) is 17.3 Å². The SMILES string of the molecule is COc1ccc(Nc2ncc(NC(=O)CC(C)=O)cn2)cc1. The molecule has 7 heteroatoms. The number of carbonyl (C=O) groups is 2. The molecule has 1 aromatic carbocycles. The maximum atomic E-state index is 11.4. The molecule has 7 nitrogen and oxygen atoms in total. The molecule has 22 heavy (non-hydrogen) atoms. The quantitative estimate of drug-likeness (QED) is 0.794. The predicted molar refractivity (Wildman–Crippen MR) is 82.2 cm³/mol. The van der Waals surface area contributed by atoms with Crippen molar-refractivity contribution in [3.8, 4) is 5.75 Å². The number of hydrogen-bond acceptors (Lipinski definition) is 6. The van der Waals surface area contributed by atoms with E-state index in [1.807, 2.05) is 24.3 Å². The molecule has 2 N–H and O–H groups in total. The minimum atomic E-state index is -0.382. The van der Waals surface area contributed by atoms with Crippen molar-refractivity contribution in [3.63, 3.8) is 0 Å². The number of anilines is 3. The minimum absolute atomic E-state index is 0.161. The van der Waals surface area contributed by atoms with E-state index < -0.39 is 0 Å². The number of amides is 1. The van der Waals surface area contributed by atoms with Gasteiger partial charge < -0.3 is 15.4 Å². The van der Waals surface area contributed by atoms with Gasteiger partial charge in [0.2, 0.25) is 11.9 Å². The summed E-state index contributed by atoms with van der Waals surface area (Å²) >= 11 is 0. The van der Waals surface area contributed by atoms with Crippen LogP contribution in [0, 0.1) is 0 Å². The molecule has 0 saturated heterocycles. The first-order valence-corrected chi connectivity index (χ1v) is 6.59. The highest BCUT2D eigenvalue weighted by Crippen LogP contribution is 2.18. The highest BCUT2D eigenvalue weighted by molar-refractivity contribution is 6.03. The van der Waals surface area contributed by atoms with E-state index in [-0.39, 0.29) is 18.1 Å². The molecule has 1 aromatic heterocycles. The molecule has 2 aromatic rings. The van der Waals surface area contributed by atoms with Gasteiger partial charge in [0.25, 0.3) is 0 Å². The molecule has 1 amide bonds. The zero-order chi connectivity index (χ0) is 15.9. The number of methoxy groups -OCH3 is 1. The van der Waals surface area contributed by atoms with Gasteiger partial charge in [0.1, 0.15) is 11.5 Å². The maximum absolute atomic E-state index is 11.4. The molecule has 114 valence electrons. The molecule has 0 unspecified atom stereocenters. The predicted octanol–water partition coefficient (Wildman–Crippen LogP) is 2.15. The van der Waals surface area contributed by atoms with Crippen molar-refractivity contribution in [1.29, 1.82) is 0 Å². The molecule has 1 heterocycles. The number of aromatic nitrogens is 2. The van der Waals surface area contributed by atoms with Crippen molar-refractivity contribution in [3.05, 3.63) is 36.7 Å². The third-order valence-electron chi connectivity index (χ3n) is 2.69. The molecule has 0 aliphatic rings. The van der Waals surface area contributed by atoms with Crippen LogP contribution >= 0.6 is 0 Å². The molecule has 0 atom stereocenters. The van der Waals surface area contributed by atoms with Crippen LogP contribution in [-0.2, 0) is 9.59 Å². The maximum Gasteiger partial charge on any atom is 0.231 e. The number of carbonyl (C=O) groups excluding carboxylic acids is 2. The lowest BCUT2D eigenvalue weighted by atomic mass is 10.3. The molecule has 0 radical (unpaired) electrons. The normalized spacial score (nSPS) is 9.91. The van der Waals surface area contributed by atoms with Gasteiger partial charge in [0.05, 0.1) is 31.6 Å². The average molecular weight is 300 g/mol. The second kappa shape index (κ2) is 7.16. The number of nitrogens with one attached hydrogen (secondary N) is 2. The monoisotopic (exact) mass is 300 g/mol. The first kappa shape index (κ1) is 15.4. The Morgan fingerprint density at radius 2 is 1.73 bits per heavy atom. The van der Waals surface area contributed by atoms with Crippen molar-refractivity contribution < 1.29 is 14.3 Å². The summed E-state index contributed by atoms with van der Waals surface area (Å²) in [6, 6.07) is 7.31. The van der Waals surface area contributed by atoms with Gasteiger partial charge in [-0.2, -0.15) is 0 Å². The number of benzene rings is 1. The van der Waals surface area contributed by atoms with Crippen LogP contribution in [0.25, 0.3) is 0 Å². The number of rotatable bonds is 6. The Hall–Kier alpha value is -2.96. The third kappa shape index (κ3) is 4.55. The summed E-state index contributed by atoms with van der Waals surface area (Å²) in [6.45, 7) is 1.36. The Kier molecular flexibility index (Phi) is 5.02. The standard InChI is InChI=1S/C15H16N4O3/c1-10(20)7-14(21)18-12-8-16-15(17-9-12)19-11-3-5-13(22-2)6-4-11/h3-6,8-9H,7H2,1-2H3,(H,18,21)(H,16,17,19). The Bertz CT molecular complexity index is 653. The first-order valence-electron chi connectivity index (χ1n) is 6.59. The van der Waals surface area contributed by atoms with Gasteiger partial charge in [-0.05, 0) is 31.2 Å². The van der Waals surface area contributed by atoms with E-state index in [1.54, 1.807) is 7.11 Å². The van der Waals surface area contributed by atoms with Gasteiger partial charge in [-0.1, -0.05) is 0 Å². The molecule has 0 fully saturated rings. The first-order chi connectivity index (χ1) is 10.6. The van der Waals surface area contributed by atoms with E-state index in [4.69, 9.17) is 4.74 Å². The average Bonchev–Trinajstić information content (AvgIpc) is 2.49.